The van der Waals surface area contributed by atoms with Gasteiger partial charge in [0.05, 0.1) is 12.5 Å². The summed E-state index contributed by atoms with van der Waals surface area (Å²) in [5.41, 5.74) is 6.30. The molecule has 2 rings (SSSR count). The van der Waals surface area contributed by atoms with Crippen molar-refractivity contribution in [3.63, 3.8) is 0 Å². The van der Waals surface area contributed by atoms with Crippen molar-refractivity contribution in [3.05, 3.63) is 45.0 Å². The van der Waals surface area contributed by atoms with Crippen molar-refractivity contribution in [2.75, 3.05) is 11.1 Å². The summed E-state index contributed by atoms with van der Waals surface area (Å²) in [6, 6.07) is 1.79. The van der Waals surface area contributed by atoms with E-state index in [9.17, 15) is 9.59 Å². The summed E-state index contributed by atoms with van der Waals surface area (Å²) in [5, 5.41) is 2.99. The third-order valence-electron chi connectivity index (χ3n) is 3.18. The zero-order valence-corrected chi connectivity index (χ0v) is 12.4. The standard InChI is InChI=1S/C14H20N4O3/c1-9(2)7-18-12(15)11(13(19)17(3)14(18)20)16-6-10-4-5-21-8-10/h4-5,8-9,16H,6-7,15H2,1-3H3. The van der Waals surface area contributed by atoms with Gasteiger partial charge in [-0.1, -0.05) is 13.8 Å². The van der Waals surface area contributed by atoms with E-state index in [-0.39, 0.29) is 17.4 Å². The van der Waals surface area contributed by atoms with Gasteiger partial charge >= 0.3 is 5.69 Å². The van der Waals surface area contributed by atoms with Gasteiger partial charge in [-0.2, -0.15) is 0 Å². The van der Waals surface area contributed by atoms with E-state index >= 15 is 0 Å². The number of aromatic nitrogens is 2. The zero-order valence-electron chi connectivity index (χ0n) is 12.4. The van der Waals surface area contributed by atoms with Crippen LogP contribution in [0.15, 0.2) is 32.6 Å². The second kappa shape index (κ2) is 5.90. The molecule has 0 aliphatic rings. The number of nitrogens with one attached hydrogen (secondary N) is 1. The molecule has 2 aromatic heterocycles. The molecule has 7 heteroatoms. The number of anilines is 2. The summed E-state index contributed by atoms with van der Waals surface area (Å²) >= 11 is 0. The third kappa shape index (κ3) is 3.01. The van der Waals surface area contributed by atoms with Crippen molar-refractivity contribution in [2.24, 2.45) is 13.0 Å². The number of furan rings is 1. The van der Waals surface area contributed by atoms with Crippen LogP contribution in [0.4, 0.5) is 11.5 Å². The Morgan fingerprint density at radius 1 is 1.38 bits per heavy atom. The lowest BCUT2D eigenvalue weighted by Crippen LogP contribution is -2.41. The molecule has 114 valence electrons. The molecule has 0 aliphatic heterocycles. The summed E-state index contributed by atoms with van der Waals surface area (Å²) < 4.78 is 7.46. The predicted octanol–water partition coefficient (Wildman–Crippen LogP) is 0.990. The highest BCUT2D eigenvalue weighted by molar-refractivity contribution is 5.60. The first kappa shape index (κ1) is 15.0. The average molecular weight is 292 g/mol. The maximum Gasteiger partial charge on any atom is 0.332 e. The van der Waals surface area contributed by atoms with E-state index in [4.69, 9.17) is 10.2 Å². The van der Waals surface area contributed by atoms with Crippen LogP contribution in [0.3, 0.4) is 0 Å². The Kier molecular flexibility index (Phi) is 4.21. The number of hydrogen-bond acceptors (Lipinski definition) is 5. The van der Waals surface area contributed by atoms with Crippen LogP contribution in [0.25, 0.3) is 0 Å². The first-order valence-corrected chi connectivity index (χ1v) is 6.76. The van der Waals surface area contributed by atoms with Crippen LogP contribution in [0, 0.1) is 5.92 Å². The maximum atomic E-state index is 12.2. The molecular weight excluding hydrogens is 272 g/mol. The number of rotatable bonds is 5. The molecule has 0 unspecified atom stereocenters. The van der Waals surface area contributed by atoms with Crippen LogP contribution in [-0.4, -0.2) is 9.13 Å². The van der Waals surface area contributed by atoms with E-state index in [0.717, 1.165) is 10.1 Å². The third-order valence-corrected chi connectivity index (χ3v) is 3.18. The SMILES string of the molecule is CC(C)Cn1c(N)c(NCc2ccoc2)c(=O)n(C)c1=O. The average Bonchev–Trinajstić information content (AvgIpc) is 2.94. The number of nitrogens with two attached hydrogens (primary N) is 1. The van der Waals surface area contributed by atoms with Gasteiger partial charge in [0.2, 0.25) is 0 Å². The van der Waals surface area contributed by atoms with E-state index in [1.165, 1.54) is 11.6 Å². The number of nitrogens with zero attached hydrogens (tertiary/aromatic N) is 2. The lowest BCUT2D eigenvalue weighted by atomic mass is 10.2. The van der Waals surface area contributed by atoms with Crippen LogP contribution < -0.4 is 22.3 Å². The first-order chi connectivity index (χ1) is 9.91. The van der Waals surface area contributed by atoms with E-state index in [0.29, 0.717) is 13.1 Å². The van der Waals surface area contributed by atoms with Crippen LogP contribution in [0.1, 0.15) is 19.4 Å². The van der Waals surface area contributed by atoms with Crippen molar-refractivity contribution in [1.82, 2.24) is 9.13 Å². The molecule has 0 bridgehead atoms. The molecule has 2 heterocycles. The van der Waals surface area contributed by atoms with Crippen molar-refractivity contribution in [1.29, 1.82) is 0 Å². The Morgan fingerprint density at radius 2 is 2.10 bits per heavy atom. The topological polar surface area (TPSA) is 95.2 Å². The fourth-order valence-electron chi connectivity index (χ4n) is 2.07. The van der Waals surface area contributed by atoms with Gasteiger partial charge in [-0.15, -0.1) is 0 Å². The minimum atomic E-state index is -0.430. The maximum absolute atomic E-state index is 12.2. The monoisotopic (exact) mass is 292 g/mol. The molecule has 0 aliphatic carbocycles. The zero-order chi connectivity index (χ0) is 15.6. The highest BCUT2D eigenvalue weighted by atomic mass is 16.3. The molecule has 0 spiro atoms. The highest BCUT2D eigenvalue weighted by Gasteiger charge is 2.15. The lowest BCUT2D eigenvalue weighted by molar-refractivity contribution is 0.494. The largest absolute Gasteiger partial charge is 0.472 e. The normalized spacial score (nSPS) is 11.0. The molecule has 0 saturated heterocycles. The first-order valence-electron chi connectivity index (χ1n) is 6.76. The number of hydrogen-bond donors (Lipinski definition) is 2. The van der Waals surface area contributed by atoms with Gasteiger partial charge in [0, 0.05) is 25.7 Å². The van der Waals surface area contributed by atoms with Crippen LogP contribution in [0.2, 0.25) is 0 Å². The van der Waals surface area contributed by atoms with Gasteiger partial charge in [0.1, 0.15) is 11.5 Å². The van der Waals surface area contributed by atoms with E-state index < -0.39 is 11.2 Å². The van der Waals surface area contributed by atoms with Crippen molar-refractivity contribution in [3.8, 4) is 0 Å². The van der Waals surface area contributed by atoms with Gasteiger partial charge in [-0.25, -0.2) is 4.79 Å². The second-order valence-corrected chi connectivity index (χ2v) is 5.40. The summed E-state index contributed by atoms with van der Waals surface area (Å²) in [6.07, 6.45) is 3.13. The lowest BCUT2D eigenvalue weighted by Gasteiger charge is -2.17. The summed E-state index contributed by atoms with van der Waals surface area (Å²) in [6.45, 7) is 4.82. The molecule has 0 saturated carbocycles. The molecule has 2 aromatic rings. The summed E-state index contributed by atoms with van der Waals surface area (Å²) in [5.74, 6) is 0.407. The van der Waals surface area contributed by atoms with E-state index in [1.54, 1.807) is 18.6 Å². The summed E-state index contributed by atoms with van der Waals surface area (Å²) in [7, 11) is 1.45. The molecule has 7 nitrogen and oxygen atoms in total. The predicted molar refractivity (Wildman–Crippen MR) is 81.2 cm³/mol. The Bertz CT molecular complexity index is 726. The molecule has 0 aromatic carbocycles. The van der Waals surface area contributed by atoms with Gasteiger partial charge in [0.15, 0.2) is 0 Å². The molecule has 0 atom stereocenters. The molecule has 0 amide bonds. The van der Waals surface area contributed by atoms with Gasteiger partial charge in [0.25, 0.3) is 5.56 Å². The van der Waals surface area contributed by atoms with Crippen LogP contribution in [0.5, 0.6) is 0 Å². The molecular formula is C14H20N4O3. The quantitative estimate of drug-likeness (QED) is 0.857. The second-order valence-electron chi connectivity index (χ2n) is 5.40. The van der Waals surface area contributed by atoms with Gasteiger partial charge in [-0.3, -0.25) is 13.9 Å². The Balaban J connectivity index is 2.42. The summed E-state index contributed by atoms with van der Waals surface area (Å²) in [4.78, 5) is 24.3. The van der Waals surface area contributed by atoms with E-state index in [2.05, 4.69) is 5.32 Å². The van der Waals surface area contributed by atoms with Crippen LogP contribution >= 0.6 is 0 Å². The Hall–Kier alpha value is -2.44. The molecule has 21 heavy (non-hydrogen) atoms. The Labute approximate surface area is 122 Å². The van der Waals surface area contributed by atoms with Crippen molar-refractivity contribution < 1.29 is 4.42 Å². The highest BCUT2D eigenvalue weighted by Crippen LogP contribution is 2.14. The number of nitrogen functional groups attached to an aromatic ring is 1. The van der Waals surface area contributed by atoms with Crippen molar-refractivity contribution in [2.45, 2.75) is 26.9 Å². The molecule has 0 fully saturated rings. The fraction of sp³-hybridized carbons (Fsp3) is 0.429. The minimum Gasteiger partial charge on any atom is -0.472 e. The smallest absolute Gasteiger partial charge is 0.332 e. The van der Waals surface area contributed by atoms with Crippen molar-refractivity contribution >= 4 is 11.5 Å². The van der Waals surface area contributed by atoms with Crippen LogP contribution in [-0.2, 0) is 20.1 Å². The minimum absolute atomic E-state index is 0.167. The van der Waals surface area contributed by atoms with Gasteiger partial charge in [-0.05, 0) is 12.0 Å². The molecule has 3 N–H and O–H groups in total. The molecule has 0 radical (unpaired) electrons. The van der Waals surface area contributed by atoms with Gasteiger partial charge < -0.3 is 15.5 Å². The Morgan fingerprint density at radius 3 is 2.67 bits per heavy atom. The van der Waals surface area contributed by atoms with E-state index in [1.807, 2.05) is 13.8 Å². The fourth-order valence-corrected chi connectivity index (χ4v) is 2.07.